The highest BCUT2D eigenvalue weighted by atomic mass is 19.4. The summed E-state index contributed by atoms with van der Waals surface area (Å²) in [5.74, 6) is -9.63. The topological polar surface area (TPSA) is 0 Å². The van der Waals surface area contributed by atoms with Gasteiger partial charge in [-0.15, -0.1) is 0 Å². The SMILES string of the molecule is CCCC(F)(F)C(F)(F)CC(F)(F)F. The van der Waals surface area contributed by atoms with Crippen LogP contribution in [0.1, 0.15) is 26.2 Å². The van der Waals surface area contributed by atoms with E-state index in [-0.39, 0.29) is 6.42 Å². The van der Waals surface area contributed by atoms with Crippen LogP contribution in [0, 0.1) is 0 Å². The molecule has 0 fully saturated rings. The lowest BCUT2D eigenvalue weighted by Gasteiger charge is -2.26. The molecular weight excluding hydrogens is 217 g/mol. The fraction of sp³-hybridized carbons (Fsp3) is 1.00. The van der Waals surface area contributed by atoms with Crippen molar-refractivity contribution in [2.24, 2.45) is 0 Å². The second-order valence-electron chi connectivity index (χ2n) is 2.95. The van der Waals surface area contributed by atoms with Crippen LogP contribution in [0.3, 0.4) is 0 Å². The summed E-state index contributed by atoms with van der Waals surface area (Å²) in [7, 11) is 0. The summed E-state index contributed by atoms with van der Waals surface area (Å²) in [4.78, 5) is 0. The fourth-order valence-electron chi connectivity index (χ4n) is 0.878. The molecule has 7 heteroatoms. The Balaban J connectivity index is 4.59. The fourth-order valence-corrected chi connectivity index (χ4v) is 0.878. The van der Waals surface area contributed by atoms with E-state index in [9.17, 15) is 30.7 Å². The summed E-state index contributed by atoms with van der Waals surface area (Å²) in [6.07, 6.45) is -9.63. The van der Waals surface area contributed by atoms with Gasteiger partial charge in [0.1, 0.15) is 6.42 Å². The van der Waals surface area contributed by atoms with Crippen LogP contribution < -0.4 is 0 Å². The van der Waals surface area contributed by atoms with E-state index in [2.05, 4.69) is 0 Å². The quantitative estimate of drug-likeness (QED) is 0.635. The molecule has 0 radical (unpaired) electrons. The Morgan fingerprint density at radius 1 is 0.786 bits per heavy atom. The zero-order chi connectivity index (χ0) is 11.6. The molecule has 0 saturated carbocycles. The lowest BCUT2D eigenvalue weighted by Crippen LogP contribution is -2.43. The molecular formula is C7H9F7. The maximum atomic E-state index is 12.5. The highest BCUT2D eigenvalue weighted by Gasteiger charge is 2.59. The van der Waals surface area contributed by atoms with Gasteiger partial charge in [-0.05, 0) is 0 Å². The van der Waals surface area contributed by atoms with E-state index in [0.717, 1.165) is 0 Å². The zero-order valence-corrected chi connectivity index (χ0v) is 7.27. The first kappa shape index (κ1) is 13.5. The lowest BCUT2D eigenvalue weighted by atomic mass is 10.0. The van der Waals surface area contributed by atoms with Crippen LogP contribution in [0.15, 0.2) is 0 Å². The van der Waals surface area contributed by atoms with Gasteiger partial charge in [-0.1, -0.05) is 13.3 Å². The Hall–Kier alpha value is -0.490. The van der Waals surface area contributed by atoms with Gasteiger partial charge < -0.3 is 0 Å². The molecule has 0 unspecified atom stereocenters. The molecule has 86 valence electrons. The third-order valence-corrected chi connectivity index (χ3v) is 1.52. The van der Waals surface area contributed by atoms with Gasteiger partial charge in [0.05, 0.1) is 0 Å². The first-order chi connectivity index (χ1) is 6.02. The average Bonchev–Trinajstić information content (AvgIpc) is 1.79. The second kappa shape index (κ2) is 3.94. The van der Waals surface area contributed by atoms with Crippen LogP contribution in [0.25, 0.3) is 0 Å². The highest BCUT2D eigenvalue weighted by Crippen LogP contribution is 2.44. The summed E-state index contributed by atoms with van der Waals surface area (Å²) in [6.45, 7) is 1.19. The Bertz CT molecular complexity index is 181. The van der Waals surface area contributed by atoms with Crippen molar-refractivity contribution in [2.45, 2.75) is 44.2 Å². The number of alkyl halides is 7. The molecule has 14 heavy (non-hydrogen) atoms. The smallest absolute Gasteiger partial charge is 0.200 e. The monoisotopic (exact) mass is 226 g/mol. The Morgan fingerprint density at radius 2 is 1.21 bits per heavy atom. The van der Waals surface area contributed by atoms with Gasteiger partial charge in [-0.25, -0.2) is 0 Å². The molecule has 0 atom stereocenters. The first-order valence-electron chi connectivity index (χ1n) is 3.84. The van der Waals surface area contributed by atoms with Crippen LogP contribution in [-0.2, 0) is 0 Å². The lowest BCUT2D eigenvalue weighted by molar-refractivity contribution is -0.265. The molecule has 0 aliphatic carbocycles. The van der Waals surface area contributed by atoms with Crippen LogP contribution in [0.4, 0.5) is 30.7 Å². The molecule has 0 aromatic carbocycles. The maximum Gasteiger partial charge on any atom is 0.395 e. The van der Waals surface area contributed by atoms with Gasteiger partial charge >= 0.3 is 18.0 Å². The van der Waals surface area contributed by atoms with Gasteiger partial charge in [0.15, 0.2) is 0 Å². The van der Waals surface area contributed by atoms with Crippen molar-refractivity contribution >= 4 is 0 Å². The van der Waals surface area contributed by atoms with Crippen LogP contribution >= 0.6 is 0 Å². The largest absolute Gasteiger partial charge is 0.395 e. The maximum absolute atomic E-state index is 12.5. The Kier molecular flexibility index (Phi) is 3.80. The highest BCUT2D eigenvalue weighted by molar-refractivity contribution is 4.86. The molecule has 0 nitrogen and oxygen atoms in total. The standard InChI is InChI=1S/C7H9F7/c1-2-3-5(8,9)6(10,11)4-7(12,13)14/h2-4H2,1H3. The van der Waals surface area contributed by atoms with Crippen LogP contribution in [-0.4, -0.2) is 18.0 Å². The minimum Gasteiger partial charge on any atom is -0.200 e. The Morgan fingerprint density at radius 3 is 1.50 bits per heavy atom. The van der Waals surface area contributed by atoms with Crippen molar-refractivity contribution in [1.29, 1.82) is 0 Å². The predicted octanol–water partition coefficient (Wildman–Crippen LogP) is 4.01. The van der Waals surface area contributed by atoms with E-state index in [4.69, 9.17) is 0 Å². The first-order valence-corrected chi connectivity index (χ1v) is 3.84. The van der Waals surface area contributed by atoms with E-state index in [1.807, 2.05) is 0 Å². The van der Waals surface area contributed by atoms with Gasteiger partial charge in [-0.3, -0.25) is 0 Å². The zero-order valence-electron chi connectivity index (χ0n) is 7.27. The van der Waals surface area contributed by atoms with Crippen molar-refractivity contribution in [2.75, 3.05) is 0 Å². The molecule has 0 aromatic rings. The van der Waals surface area contributed by atoms with E-state index in [1.165, 1.54) is 6.92 Å². The van der Waals surface area contributed by atoms with Crippen LogP contribution in [0.5, 0.6) is 0 Å². The number of rotatable bonds is 4. The minimum absolute atomic E-state index is 0.305. The molecule has 0 saturated heterocycles. The van der Waals surface area contributed by atoms with E-state index in [1.54, 1.807) is 0 Å². The third kappa shape index (κ3) is 3.71. The minimum atomic E-state index is -5.29. The molecule has 0 aromatic heterocycles. The van der Waals surface area contributed by atoms with Crippen molar-refractivity contribution in [3.05, 3.63) is 0 Å². The molecule has 0 amide bonds. The van der Waals surface area contributed by atoms with Crippen LogP contribution in [0.2, 0.25) is 0 Å². The molecule has 0 heterocycles. The van der Waals surface area contributed by atoms with Gasteiger partial charge in [-0.2, -0.15) is 30.7 Å². The van der Waals surface area contributed by atoms with Crippen molar-refractivity contribution in [3.63, 3.8) is 0 Å². The number of hydrogen-bond donors (Lipinski definition) is 0. The van der Waals surface area contributed by atoms with Crippen molar-refractivity contribution in [3.8, 4) is 0 Å². The molecule has 0 spiro atoms. The van der Waals surface area contributed by atoms with Gasteiger partial charge in [0.25, 0.3) is 0 Å². The molecule has 0 N–H and O–H groups in total. The third-order valence-electron chi connectivity index (χ3n) is 1.52. The summed E-state index contributed by atoms with van der Waals surface area (Å²) >= 11 is 0. The Labute approximate surface area is 76.1 Å². The van der Waals surface area contributed by atoms with E-state index in [0.29, 0.717) is 0 Å². The number of halogens is 7. The average molecular weight is 226 g/mol. The predicted molar refractivity (Wildman–Crippen MR) is 35.5 cm³/mol. The molecule has 0 aliphatic heterocycles. The molecule has 0 aliphatic rings. The summed E-state index contributed by atoms with van der Waals surface area (Å²) in [6, 6.07) is 0. The number of hydrogen-bond acceptors (Lipinski definition) is 0. The van der Waals surface area contributed by atoms with Gasteiger partial charge in [0, 0.05) is 6.42 Å². The summed E-state index contributed by atoms with van der Waals surface area (Å²) in [5, 5.41) is 0. The van der Waals surface area contributed by atoms with Crippen molar-refractivity contribution in [1.82, 2.24) is 0 Å². The van der Waals surface area contributed by atoms with E-state index >= 15 is 0 Å². The summed E-state index contributed by atoms with van der Waals surface area (Å²) in [5.41, 5.74) is 0. The second-order valence-corrected chi connectivity index (χ2v) is 2.95. The molecule has 0 bridgehead atoms. The van der Waals surface area contributed by atoms with E-state index < -0.39 is 30.9 Å². The van der Waals surface area contributed by atoms with Gasteiger partial charge in [0.2, 0.25) is 0 Å². The molecule has 0 rings (SSSR count). The van der Waals surface area contributed by atoms with Crippen molar-refractivity contribution < 1.29 is 30.7 Å². The normalized spacial score (nSPS) is 14.6. The summed E-state index contributed by atoms with van der Waals surface area (Å²) < 4.78 is 84.3.